The second-order valence-electron chi connectivity index (χ2n) is 6.87. The minimum atomic E-state index is 1.05. The van der Waals surface area contributed by atoms with Crippen LogP contribution in [0.15, 0.2) is 75.8 Å². The maximum absolute atomic E-state index is 2.35. The van der Waals surface area contributed by atoms with E-state index in [4.69, 9.17) is 0 Å². The molecule has 0 spiro atoms. The fourth-order valence-corrected chi connectivity index (χ4v) is 12.1. The van der Waals surface area contributed by atoms with Crippen LogP contribution in [0.25, 0.3) is 17.2 Å². The van der Waals surface area contributed by atoms with Crippen molar-refractivity contribution in [3.63, 3.8) is 0 Å². The van der Waals surface area contributed by atoms with E-state index in [9.17, 15) is 0 Å². The van der Waals surface area contributed by atoms with E-state index in [-0.39, 0.29) is 0 Å². The summed E-state index contributed by atoms with van der Waals surface area (Å²) in [5.74, 6) is 2.50. The van der Waals surface area contributed by atoms with Gasteiger partial charge >= 0.3 is 0 Å². The predicted molar refractivity (Wildman–Crippen MR) is 141 cm³/mol. The first-order chi connectivity index (χ1) is 14.3. The van der Waals surface area contributed by atoms with Crippen molar-refractivity contribution in [2.24, 2.45) is 0 Å². The lowest BCUT2D eigenvalue weighted by molar-refractivity contribution is 1.26. The highest BCUT2D eigenvalue weighted by Crippen LogP contribution is 2.63. The molecule has 0 nitrogen and oxygen atoms in total. The molecule has 6 heteroatoms. The van der Waals surface area contributed by atoms with Crippen LogP contribution < -0.4 is 0 Å². The molecular formula is C23H16S6. The standard InChI is InChI=1S/C23H16S6/c1-2-4-18-15(3-1)12-16-11-14(6-8-19(16)18)5-7-17-13-26-22(27-17)23-28-20-21(29-23)25-10-9-24-20/h1-8,11,13H,9-10,12H2/b7-5+. The van der Waals surface area contributed by atoms with Gasteiger partial charge in [0.1, 0.15) is 0 Å². The lowest BCUT2D eigenvalue weighted by Gasteiger charge is -2.08. The average molecular weight is 485 g/mol. The summed E-state index contributed by atoms with van der Waals surface area (Å²) in [4.78, 5) is 1.34. The molecule has 6 rings (SSSR count). The van der Waals surface area contributed by atoms with Crippen LogP contribution in [-0.2, 0) is 6.42 Å². The topological polar surface area (TPSA) is 0 Å². The van der Waals surface area contributed by atoms with E-state index in [1.807, 2.05) is 70.6 Å². The molecule has 0 saturated carbocycles. The summed E-state index contributed by atoms with van der Waals surface area (Å²) in [5, 5.41) is 2.30. The van der Waals surface area contributed by atoms with Gasteiger partial charge in [-0.25, -0.2) is 0 Å². The van der Waals surface area contributed by atoms with E-state index in [0.29, 0.717) is 0 Å². The second kappa shape index (κ2) is 8.21. The van der Waals surface area contributed by atoms with Crippen LogP contribution in [0.3, 0.4) is 0 Å². The predicted octanol–water partition coefficient (Wildman–Crippen LogP) is 8.81. The summed E-state index contributed by atoms with van der Waals surface area (Å²) < 4.78 is 5.97. The van der Waals surface area contributed by atoms with Crippen LogP contribution in [0.2, 0.25) is 0 Å². The number of thioether (sulfide) groups is 6. The summed E-state index contributed by atoms with van der Waals surface area (Å²) in [6.45, 7) is 0. The third-order valence-electron chi connectivity index (χ3n) is 5.00. The zero-order valence-corrected chi connectivity index (χ0v) is 20.2. The molecule has 0 fully saturated rings. The van der Waals surface area contributed by atoms with Crippen LogP contribution >= 0.6 is 70.6 Å². The Labute approximate surface area is 196 Å². The van der Waals surface area contributed by atoms with Crippen LogP contribution in [0.4, 0.5) is 0 Å². The van der Waals surface area contributed by atoms with Gasteiger partial charge in [-0.3, -0.25) is 0 Å². The quantitative estimate of drug-likeness (QED) is 0.354. The van der Waals surface area contributed by atoms with Crippen molar-refractivity contribution >= 4 is 76.6 Å². The number of hydrogen-bond donors (Lipinski definition) is 0. The van der Waals surface area contributed by atoms with E-state index >= 15 is 0 Å². The molecule has 1 aliphatic carbocycles. The van der Waals surface area contributed by atoms with E-state index < -0.39 is 0 Å². The van der Waals surface area contributed by atoms with Crippen molar-refractivity contribution in [2.45, 2.75) is 6.42 Å². The Balaban J connectivity index is 1.15. The number of allylic oxidation sites excluding steroid dienone is 1. The molecule has 3 aliphatic heterocycles. The highest BCUT2D eigenvalue weighted by Gasteiger charge is 2.28. The Bertz CT molecular complexity index is 1120. The summed E-state index contributed by atoms with van der Waals surface area (Å²) in [7, 11) is 0. The first-order valence-electron chi connectivity index (χ1n) is 9.37. The number of benzene rings is 2. The maximum Gasteiger partial charge on any atom is 0.0717 e. The van der Waals surface area contributed by atoms with Crippen LogP contribution in [0, 0.1) is 0 Å². The minimum absolute atomic E-state index is 1.05. The van der Waals surface area contributed by atoms with Crippen molar-refractivity contribution < 1.29 is 0 Å². The van der Waals surface area contributed by atoms with E-state index in [1.54, 1.807) is 0 Å². The highest BCUT2D eigenvalue weighted by molar-refractivity contribution is 8.43. The monoisotopic (exact) mass is 484 g/mol. The largest absolute Gasteiger partial charge is 0.116 e. The first-order valence-corrected chi connectivity index (χ1v) is 14.7. The summed E-state index contributed by atoms with van der Waals surface area (Å²) in [5.41, 5.74) is 6.99. The zero-order valence-electron chi connectivity index (χ0n) is 15.3. The molecule has 0 radical (unpaired) electrons. The van der Waals surface area contributed by atoms with E-state index in [1.165, 1.54) is 61.2 Å². The van der Waals surface area contributed by atoms with Crippen LogP contribution in [0.5, 0.6) is 0 Å². The smallest absolute Gasteiger partial charge is 0.0717 e. The molecule has 2 aromatic rings. The molecule has 0 saturated heterocycles. The van der Waals surface area contributed by atoms with Crippen LogP contribution in [-0.4, -0.2) is 11.5 Å². The first kappa shape index (κ1) is 19.2. The summed E-state index contributed by atoms with van der Waals surface area (Å²) >= 11 is 11.8. The number of rotatable bonds is 2. The van der Waals surface area contributed by atoms with Gasteiger partial charge in [0.15, 0.2) is 0 Å². The molecule has 0 unspecified atom stereocenters. The summed E-state index contributed by atoms with van der Waals surface area (Å²) in [6, 6.07) is 15.7. The Hall–Kier alpha value is -0.500. The molecule has 0 atom stereocenters. The lowest BCUT2D eigenvalue weighted by Crippen LogP contribution is -1.88. The van der Waals surface area contributed by atoms with Gasteiger partial charge in [-0.2, -0.15) is 0 Å². The van der Waals surface area contributed by atoms with Crippen molar-refractivity contribution in [1.82, 2.24) is 0 Å². The number of hydrogen-bond acceptors (Lipinski definition) is 6. The molecule has 0 amide bonds. The van der Waals surface area contributed by atoms with Crippen molar-refractivity contribution in [3.05, 3.63) is 92.5 Å². The summed E-state index contributed by atoms with van der Waals surface area (Å²) in [6.07, 6.45) is 5.59. The van der Waals surface area contributed by atoms with Gasteiger partial charge in [-0.05, 0) is 45.7 Å². The SMILES string of the molecule is C1=C(/C=C/c2ccc3c(c2)Cc2ccccc2-3)SC(=C2SC3=C(SCCS3)S2)S1. The van der Waals surface area contributed by atoms with Gasteiger partial charge in [0.2, 0.25) is 0 Å². The molecule has 0 bridgehead atoms. The highest BCUT2D eigenvalue weighted by atomic mass is 32.3. The van der Waals surface area contributed by atoms with Gasteiger partial charge in [0.05, 0.1) is 16.9 Å². The Morgan fingerprint density at radius 2 is 1.48 bits per heavy atom. The molecule has 0 N–H and O–H groups in total. The molecule has 0 aromatic heterocycles. The molecule has 2 aromatic carbocycles. The van der Waals surface area contributed by atoms with Crippen molar-refractivity contribution in [1.29, 1.82) is 0 Å². The molecule has 29 heavy (non-hydrogen) atoms. The van der Waals surface area contributed by atoms with Crippen LogP contribution in [0.1, 0.15) is 16.7 Å². The Morgan fingerprint density at radius 3 is 2.34 bits per heavy atom. The van der Waals surface area contributed by atoms with Gasteiger partial charge in [-0.1, -0.05) is 95.6 Å². The maximum atomic E-state index is 2.35. The second-order valence-corrected chi connectivity index (χ2v) is 14.1. The molecular weight excluding hydrogens is 469 g/mol. The van der Waals surface area contributed by atoms with E-state index in [2.05, 4.69) is 60.0 Å². The zero-order chi connectivity index (χ0) is 19.2. The van der Waals surface area contributed by atoms with Crippen molar-refractivity contribution in [2.75, 3.05) is 11.5 Å². The molecule has 4 aliphatic rings. The van der Waals surface area contributed by atoms with Gasteiger partial charge in [0.25, 0.3) is 0 Å². The van der Waals surface area contributed by atoms with E-state index in [0.717, 1.165) is 6.42 Å². The number of fused-ring (bicyclic) bond motifs is 3. The van der Waals surface area contributed by atoms with Gasteiger partial charge in [-0.15, -0.1) is 23.5 Å². The average Bonchev–Trinajstić information content (AvgIpc) is 3.47. The fourth-order valence-electron chi connectivity index (χ4n) is 3.68. The molecule has 3 heterocycles. The Kier molecular flexibility index (Phi) is 5.44. The normalized spacial score (nSPS) is 20.3. The third kappa shape index (κ3) is 3.81. The molecule has 144 valence electrons. The van der Waals surface area contributed by atoms with Gasteiger partial charge in [0, 0.05) is 16.4 Å². The van der Waals surface area contributed by atoms with Crippen molar-refractivity contribution in [3.8, 4) is 11.1 Å². The fraction of sp³-hybridized carbons (Fsp3) is 0.130. The minimum Gasteiger partial charge on any atom is -0.116 e. The third-order valence-corrected chi connectivity index (χ3v) is 13.7. The Morgan fingerprint density at radius 1 is 0.690 bits per heavy atom. The van der Waals surface area contributed by atoms with Gasteiger partial charge < -0.3 is 0 Å². The lowest BCUT2D eigenvalue weighted by atomic mass is 10.0.